The molecule has 30 heavy (non-hydrogen) atoms. The molecule has 1 aromatic rings. The minimum atomic E-state index is -0.749. The molecule has 0 unspecified atom stereocenters. The monoisotopic (exact) mass is 436 g/mol. The summed E-state index contributed by atoms with van der Waals surface area (Å²) in [5.41, 5.74) is 2.90. The SMILES string of the molecule is CCSCC[C@H](CNOC(C)(C)C)C(=O)N1C(=O)OC(C)(C)[C@@H]1Cc1ccccc1. The van der Waals surface area contributed by atoms with Gasteiger partial charge < -0.3 is 4.74 Å². The molecule has 2 atom stereocenters. The van der Waals surface area contributed by atoms with Crippen LogP contribution in [-0.2, 0) is 20.8 Å². The fourth-order valence-corrected chi connectivity index (χ4v) is 4.18. The number of hydrogen-bond acceptors (Lipinski definition) is 6. The van der Waals surface area contributed by atoms with Crippen LogP contribution in [0.15, 0.2) is 30.3 Å². The third-order valence-electron chi connectivity index (χ3n) is 5.04. The lowest BCUT2D eigenvalue weighted by atomic mass is 9.91. The maximum absolute atomic E-state index is 13.5. The van der Waals surface area contributed by atoms with Crippen molar-refractivity contribution in [3.05, 3.63) is 35.9 Å². The summed E-state index contributed by atoms with van der Waals surface area (Å²) in [6.07, 6.45) is 0.671. The Morgan fingerprint density at radius 1 is 1.30 bits per heavy atom. The van der Waals surface area contributed by atoms with Crippen molar-refractivity contribution in [2.75, 3.05) is 18.1 Å². The Kier molecular flexibility index (Phi) is 8.76. The van der Waals surface area contributed by atoms with E-state index in [1.807, 2.05) is 65.0 Å². The van der Waals surface area contributed by atoms with Gasteiger partial charge in [0.05, 0.1) is 17.6 Å². The van der Waals surface area contributed by atoms with Gasteiger partial charge in [0.2, 0.25) is 5.91 Å². The van der Waals surface area contributed by atoms with Gasteiger partial charge >= 0.3 is 6.09 Å². The molecular weight excluding hydrogens is 400 g/mol. The van der Waals surface area contributed by atoms with Crippen LogP contribution in [0, 0.1) is 5.92 Å². The molecule has 168 valence electrons. The molecule has 0 spiro atoms. The Hall–Kier alpha value is -1.57. The summed E-state index contributed by atoms with van der Waals surface area (Å²) >= 11 is 1.78. The molecule has 0 saturated carbocycles. The summed E-state index contributed by atoms with van der Waals surface area (Å²) in [4.78, 5) is 33.2. The number of rotatable bonds is 10. The van der Waals surface area contributed by atoms with Gasteiger partial charge in [-0.25, -0.2) is 15.2 Å². The molecule has 0 radical (unpaired) electrons. The van der Waals surface area contributed by atoms with Crippen LogP contribution in [0.25, 0.3) is 0 Å². The zero-order valence-corrected chi connectivity index (χ0v) is 19.9. The van der Waals surface area contributed by atoms with Gasteiger partial charge in [-0.05, 0) is 64.5 Å². The van der Waals surface area contributed by atoms with Crippen LogP contribution in [0.2, 0.25) is 0 Å². The average molecular weight is 437 g/mol. The van der Waals surface area contributed by atoms with Crippen molar-refractivity contribution in [3.8, 4) is 0 Å². The molecule has 1 N–H and O–H groups in total. The van der Waals surface area contributed by atoms with E-state index in [4.69, 9.17) is 9.57 Å². The Morgan fingerprint density at radius 3 is 2.57 bits per heavy atom. The summed E-state index contributed by atoms with van der Waals surface area (Å²) < 4.78 is 5.61. The zero-order chi connectivity index (χ0) is 22.4. The molecule has 7 heteroatoms. The first-order valence-electron chi connectivity index (χ1n) is 10.6. The van der Waals surface area contributed by atoms with Crippen molar-refractivity contribution in [2.24, 2.45) is 5.92 Å². The number of hydrogen-bond donors (Lipinski definition) is 1. The van der Waals surface area contributed by atoms with Crippen molar-refractivity contribution < 1.29 is 19.2 Å². The normalized spacial score (nSPS) is 19.6. The van der Waals surface area contributed by atoms with Crippen molar-refractivity contribution in [2.45, 2.75) is 71.6 Å². The van der Waals surface area contributed by atoms with E-state index in [2.05, 4.69) is 12.4 Å². The summed E-state index contributed by atoms with van der Waals surface area (Å²) in [6.45, 7) is 12.0. The maximum Gasteiger partial charge on any atom is 0.417 e. The summed E-state index contributed by atoms with van der Waals surface area (Å²) in [6, 6.07) is 9.54. The Balaban J connectivity index is 2.19. The molecule has 0 bridgehead atoms. The minimum absolute atomic E-state index is 0.201. The fraction of sp³-hybridized carbons (Fsp3) is 0.652. The predicted molar refractivity (Wildman–Crippen MR) is 121 cm³/mol. The summed E-state index contributed by atoms with van der Waals surface area (Å²) in [7, 11) is 0. The molecule has 1 fully saturated rings. The van der Waals surface area contributed by atoms with E-state index in [1.165, 1.54) is 4.90 Å². The van der Waals surface area contributed by atoms with E-state index in [0.717, 1.165) is 17.1 Å². The number of cyclic esters (lactones) is 1. The Morgan fingerprint density at radius 2 is 1.97 bits per heavy atom. The number of nitrogens with zero attached hydrogens (tertiary/aromatic N) is 1. The number of carbonyl (C=O) groups excluding carboxylic acids is 2. The first kappa shape index (κ1) is 24.7. The van der Waals surface area contributed by atoms with Crippen LogP contribution in [0.5, 0.6) is 0 Å². The van der Waals surface area contributed by atoms with Crippen LogP contribution < -0.4 is 5.48 Å². The Labute approximate surface area is 185 Å². The largest absolute Gasteiger partial charge is 0.441 e. The van der Waals surface area contributed by atoms with Crippen LogP contribution in [0.1, 0.15) is 53.5 Å². The van der Waals surface area contributed by atoms with Crippen LogP contribution in [0.4, 0.5) is 4.79 Å². The molecule has 2 rings (SSSR count). The first-order chi connectivity index (χ1) is 14.0. The zero-order valence-electron chi connectivity index (χ0n) is 19.1. The molecular formula is C23H36N2O4S. The molecule has 1 aliphatic rings. The van der Waals surface area contributed by atoms with E-state index < -0.39 is 11.7 Å². The van der Waals surface area contributed by atoms with Crippen LogP contribution in [0.3, 0.4) is 0 Å². The van der Waals surface area contributed by atoms with Gasteiger partial charge in [-0.15, -0.1) is 0 Å². The predicted octanol–water partition coefficient (Wildman–Crippen LogP) is 4.43. The molecule has 6 nitrogen and oxygen atoms in total. The number of thioether (sulfide) groups is 1. The number of benzene rings is 1. The number of nitrogens with one attached hydrogen (secondary N) is 1. The van der Waals surface area contributed by atoms with Gasteiger partial charge in [0.25, 0.3) is 0 Å². The number of imide groups is 1. The highest BCUT2D eigenvalue weighted by molar-refractivity contribution is 7.99. The minimum Gasteiger partial charge on any atom is -0.441 e. The molecule has 0 aliphatic carbocycles. The van der Waals surface area contributed by atoms with E-state index in [9.17, 15) is 9.59 Å². The highest BCUT2D eigenvalue weighted by Gasteiger charge is 2.51. The van der Waals surface area contributed by atoms with Crippen molar-refractivity contribution >= 4 is 23.8 Å². The average Bonchev–Trinajstić information content (AvgIpc) is 2.88. The van der Waals surface area contributed by atoms with Gasteiger partial charge in [-0.1, -0.05) is 37.3 Å². The number of hydroxylamine groups is 1. The van der Waals surface area contributed by atoms with Gasteiger partial charge in [0, 0.05) is 6.54 Å². The fourth-order valence-electron chi connectivity index (χ4n) is 3.44. The van der Waals surface area contributed by atoms with Crippen LogP contribution in [-0.4, -0.2) is 52.2 Å². The Bertz CT molecular complexity index is 703. The van der Waals surface area contributed by atoms with Gasteiger partial charge in [-0.3, -0.25) is 9.63 Å². The third kappa shape index (κ3) is 7.00. The van der Waals surface area contributed by atoms with E-state index >= 15 is 0 Å². The summed E-state index contributed by atoms with van der Waals surface area (Å²) in [5, 5.41) is 0. The second-order valence-electron chi connectivity index (χ2n) is 9.13. The quantitative estimate of drug-likeness (QED) is 0.432. The van der Waals surface area contributed by atoms with Gasteiger partial charge in [-0.2, -0.15) is 11.8 Å². The smallest absolute Gasteiger partial charge is 0.417 e. The highest BCUT2D eigenvalue weighted by Crippen LogP contribution is 2.33. The number of ether oxygens (including phenoxy) is 1. The van der Waals surface area contributed by atoms with Crippen LogP contribution >= 0.6 is 11.8 Å². The molecule has 0 aromatic heterocycles. The lowest BCUT2D eigenvalue weighted by Crippen LogP contribution is -2.50. The second kappa shape index (κ2) is 10.6. The molecule has 1 aliphatic heterocycles. The second-order valence-corrected chi connectivity index (χ2v) is 10.5. The molecule has 1 saturated heterocycles. The van der Waals surface area contributed by atoms with Crippen molar-refractivity contribution in [1.82, 2.24) is 10.4 Å². The first-order valence-corrected chi connectivity index (χ1v) is 11.8. The van der Waals surface area contributed by atoms with Crippen molar-refractivity contribution in [1.29, 1.82) is 0 Å². The van der Waals surface area contributed by atoms with Crippen molar-refractivity contribution in [3.63, 3.8) is 0 Å². The summed E-state index contributed by atoms with van der Waals surface area (Å²) in [5.74, 6) is 1.27. The van der Waals surface area contributed by atoms with E-state index in [1.54, 1.807) is 11.8 Å². The van der Waals surface area contributed by atoms with E-state index in [-0.39, 0.29) is 23.5 Å². The molecule has 1 heterocycles. The highest BCUT2D eigenvalue weighted by atomic mass is 32.2. The maximum atomic E-state index is 13.5. The van der Waals surface area contributed by atoms with Gasteiger partial charge in [0.15, 0.2) is 0 Å². The number of amides is 2. The topological polar surface area (TPSA) is 67.9 Å². The third-order valence-corrected chi connectivity index (χ3v) is 5.98. The number of carbonyl (C=O) groups is 2. The molecule has 2 amide bonds. The lowest BCUT2D eigenvalue weighted by Gasteiger charge is -2.30. The van der Waals surface area contributed by atoms with E-state index in [0.29, 0.717) is 19.4 Å². The molecule has 1 aromatic carbocycles. The lowest BCUT2D eigenvalue weighted by molar-refractivity contribution is -0.136. The van der Waals surface area contributed by atoms with Gasteiger partial charge in [0.1, 0.15) is 5.60 Å². The standard InChI is InChI=1S/C23H36N2O4S/c1-7-30-14-13-18(16-24-29-22(2,3)4)20(26)25-19(23(5,6)28-21(25)27)15-17-11-9-8-10-12-17/h8-12,18-19,24H,7,13-16H2,1-6H3/t18-,19+/m1/s1.